The third-order valence-electron chi connectivity index (χ3n) is 3.05. The second-order valence-corrected chi connectivity index (χ2v) is 6.07. The maximum atomic E-state index is 12.1. The summed E-state index contributed by atoms with van der Waals surface area (Å²) in [6, 6.07) is 6.57. The van der Waals surface area contributed by atoms with E-state index in [-0.39, 0.29) is 11.9 Å². The molecule has 0 aromatic heterocycles. The van der Waals surface area contributed by atoms with E-state index in [1.807, 2.05) is 27.7 Å². The van der Waals surface area contributed by atoms with Crippen molar-refractivity contribution in [2.45, 2.75) is 40.2 Å². The molecule has 0 radical (unpaired) electrons. The molecule has 0 fully saturated rings. The fraction of sp³-hybridized carbons (Fsp3) is 0.471. The highest BCUT2D eigenvalue weighted by Crippen LogP contribution is 2.15. The summed E-state index contributed by atoms with van der Waals surface area (Å²) in [6.45, 7) is 8.22. The van der Waals surface area contributed by atoms with E-state index in [1.54, 1.807) is 24.3 Å². The van der Waals surface area contributed by atoms with E-state index in [9.17, 15) is 14.4 Å². The molecule has 0 atom stereocenters. The van der Waals surface area contributed by atoms with E-state index >= 15 is 0 Å². The summed E-state index contributed by atoms with van der Waals surface area (Å²) < 4.78 is 0. The van der Waals surface area contributed by atoms with Crippen LogP contribution < -0.4 is 16.0 Å². The number of benzene rings is 1. The molecule has 0 aliphatic heterocycles. The van der Waals surface area contributed by atoms with Gasteiger partial charge in [0.2, 0.25) is 0 Å². The van der Waals surface area contributed by atoms with Gasteiger partial charge in [-0.3, -0.25) is 14.4 Å². The van der Waals surface area contributed by atoms with Gasteiger partial charge in [-0.1, -0.05) is 26.0 Å². The minimum absolute atomic E-state index is 0.0226. The van der Waals surface area contributed by atoms with Gasteiger partial charge in [-0.2, -0.15) is 0 Å². The Labute approximate surface area is 137 Å². The molecule has 1 aromatic rings. The first-order valence-electron chi connectivity index (χ1n) is 7.80. The first kappa shape index (κ1) is 18.7. The molecule has 0 aliphatic rings. The average Bonchev–Trinajstić information content (AvgIpc) is 2.46. The summed E-state index contributed by atoms with van der Waals surface area (Å²) in [6.07, 6.45) is 0.798. The molecule has 1 aromatic carbocycles. The topological polar surface area (TPSA) is 87.3 Å². The molecule has 0 spiro atoms. The van der Waals surface area contributed by atoms with Crippen LogP contribution in [0.1, 0.15) is 44.5 Å². The maximum absolute atomic E-state index is 12.1. The van der Waals surface area contributed by atoms with Crippen molar-refractivity contribution in [1.82, 2.24) is 10.6 Å². The van der Waals surface area contributed by atoms with Crippen LogP contribution >= 0.6 is 0 Å². The summed E-state index contributed by atoms with van der Waals surface area (Å²) in [5.74, 6) is -1.33. The Kier molecular flexibility index (Phi) is 7.25. The van der Waals surface area contributed by atoms with Crippen molar-refractivity contribution in [2.24, 2.45) is 5.92 Å². The Morgan fingerprint density at radius 2 is 1.65 bits per heavy atom. The number of amides is 3. The van der Waals surface area contributed by atoms with Crippen molar-refractivity contribution in [3.63, 3.8) is 0 Å². The second-order valence-electron chi connectivity index (χ2n) is 6.07. The van der Waals surface area contributed by atoms with E-state index in [0.717, 1.165) is 6.42 Å². The van der Waals surface area contributed by atoms with Gasteiger partial charge in [0.05, 0.1) is 11.3 Å². The predicted octanol–water partition coefficient (Wildman–Crippen LogP) is 1.93. The summed E-state index contributed by atoms with van der Waals surface area (Å²) in [4.78, 5) is 35.8. The number of nitrogens with one attached hydrogen (secondary N) is 3. The smallest absolute Gasteiger partial charge is 0.313 e. The summed E-state index contributed by atoms with van der Waals surface area (Å²) in [5, 5.41) is 7.81. The van der Waals surface area contributed by atoms with Crippen LogP contribution in [-0.4, -0.2) is 30.3 Å². The van der Waals surface area contributed by atoms with Gasteiger partial charge in [0.1, 0.15) is 0 Å². The van der Waals surface area contributed by atoms with Gasteiger partial charge in [0.25, 0.3) is 5.91 Å². The first-order valence-corrected chi connectivity index (χ1v) is 7.80. The molecule has 3 amide bonds. The molecule has 0 saturated heterocycles. The van der Waals surface area contributed by atoms with Gasteiger partial charge in [-0.05, 0) is 38.3 Å². The fourth-order valence-electron chi connectivity index (χ4n) is 1.86. The number of para-hydroxylation sites is 1. The SMILES string of the molecule is CC(C)CCNC(=O)C(=O)Nc1ccccc1C(=O)NC(C)C. The highest BCUT2D eigenvalue weighted by molar-refractivity contribution is 6.40. The molecule has 3 N–H and O–H groups in total. The normalized spacial score (nSPS) is 10.5. The highest BCUT2D eigenvalue weighted by Gasteiger charge is 2.17. The zero-order chi connectivity index (χ0) is 17.4. The largest absolute Gasteiger partial charge is 0.350 e. The van der Waals surface area contributed by atoms with Crippen LogP contribution in [0.2, 0.25) is 0 Å². The van der Waals surface area contributed by atoms with Crippen LogP contribution in [0, 0.1) is 5.92 Å². The molecule has 0 saturated carbocycles. The van der Waals surface area contributed by atoms with Crippen LogP contribution in [0.15, 0.2) is 24.3 Å². The lowest BCUT2D eigenvalue weighted by Crippen LogP contribution is -2.37. The van der Waals surface area contributed by atoms with Crippen LogP contribution in [-0.2, 0) is 9.59 Å². The van der Waals surface area contributed by atoms with Gasteiger partial charge >= 0.3 is 11.8 Å². The molecule has 0 heterocycles. The maximum Gasteiger partial charge on any atom is 0.313 e. The lowest BCUT2D eigenvalue weighted by atomic mass is 10.1. The summed E-state index contributed by atoms with van der Waals surface area (Å²) >= 11 is 0. The average molecular weight is 319 g/mol. The molecular weight excluding hydrogens is 294 g/mol. The van der Waals surface area contributed by atoms with Crippen LogP contribution in [0.3, 0.4) is 0 Å². The zero-order valence-corrected chi connectivity index (χ0v) is 14.1. The van der Waals surface area contributed by atoms with Crippen molar-refractivity contribution in [1.29, 1.82) is 0 Å². The molecule has 126 valence electrons. The molecular formula is C17H25N3O3. The number of hydrogen-bond acceptors (Lipinski definition) is 3. The van der Waals surface area contributed by atoms with Crippen LogP contribution in [0.5, 0.6) is 0 Å². The van der Waals surface area contributed by atoms with Crippen molar-refractivity contribution in [3.8, 4) is 0 Å². The number of rotatable bonds is 6. The van der Waals surface area contributed by atoms with Gasteiger partial charge < -0.3 is 16.0 Å². The van der Waals surface area contributed by atoms with Gasteiger partial charge in [0.15, 0.2) is 0 Å². The minimum Gasteiger partial charge on any atom is -0.350 e. The minimum atomic E-state index is -0.779. The first-order chi connectivity index (χ1) is 10.8. The molecule has 6 nitrogen and oxygen atoms in total. The Bertz CT molecular complexity index is 568. The van der Waals surface area contributed by atoms with Crippen molar-refractivity contribution in [3.05, 3.63) is 29.8 Å². The van der Waals surface area contributed by atoms with E-state index in [0.29, 0.717) is 23.7 Å². The second kappa shape index (κ2) is 8.92. The number of anilines is 1. The zero-order valence-electron chi connectivity index (χ0n) is 14.1. The molecule has 1 rings (SSSR count). The predicted molar refractivity (Wildman–Crippen MR) is 90.1 cm³/mol. The van der Waals surface area contributed by atoms with Gasteiger partial charge in [0, 0.05) is 12.6 Å². The van der Waals surface area contributed by atoms with Crippen molar-refractivity contribution >= 4 is 23.4 Å². The van der Waals surface area contributed by atoms with E-state index < -0.39 is 11.8 Å². The molecule has 0 unspecified atom stereocenters. The van der Waals surface area contributed by atoms with Crippen LogP contribution in [0.4, 0.5) is 5.69 Å². The highest BCUT2D eigenvalue weighted by atomic mass is 16.2. The number of carbonyl (C=O) groups is 3. The Hall–Kier alpha value is -2.37. The van der Waals surface area contributed by atoms with E-state index in [1.165, 1.54) is 0 Å². The lowest BCUT2D eigenvalue weighted by Gasteiger charge is -2.13. The van der Waals surface area contributed by atoms with E-state index in [4.69, 9.17) is 0 Å². The van der Waals surface area contributed by atoms with Gasteiger partial charge in [-0.25, -0.2) is 0 Å². The Balaban J connectivity index is 2.71. The Morgan fingerprint density at radius 1 is 1.00 bits per heavy atom. The standard InChI is InChI=1S/C17H25N3O3/c1-11(2)9-10-18-16(22)17(23)20-14-8-6-5-7-13(14)15(21)19-12(3)4/h5-8,11-12H,9-10H2,1-4H3,(H,18,22)(H,19,21)(H,20,23). The van der Waals surface area contributed by atoms with Gasteiger partial charge in [-0.15, -0.1) is 0 Å². The van der Waals surface area contributed by atoms with Crippen molar-refractivity contribution < 1.29 is 14.4 Å². The lowest BCUT2D eigenvalue weighted by molar-refractivity contribution is -0.136. The number of hydrogen-bond donors (Lipinski definition) is 3. The number of carbonyl (C=O) groups excluding carboxylic acids is 3. The fourth-order valence-corrected chi connectivity index (χ4v) is 1.86. The Morgan fingerprint density at radius 3 is 2.26 bits per heavy atom. The molecule has 23 heavy (non-hydrogen) atoms. The molecule has 0 aliphatic carbocycles. The quantitative estimate of drug-likeness (QED) is 0.700. The van der Waals surface area contributed by atoms with Crippen LogP contribution in [0.25, 0.3) is 0 Å². The summed E-state index contributed by atoms with van der Waals surface area (Å²) in [7, 11) is 0. The molecule has 6 heteroatoms. The summed E-state index contributed by atoms with van der Waals surface area (Å²) in [5.41, 5.74) is 0.638. The monoisotopic (exact) mass is 319 g/mol. The van der Waals surface area contributed by atoms with Crippen molar-refractivity contribution in [2.75, 3.05) is 11.9 Å². The third kappa shape index (κ3) is 6.50. The van der Waals surface area contributed by atoms with E-state index in [2.05, 4.69) is 16.0 Å². The molecule has 0 bridgehead atoms. The third-order valence-corrected chi connectivity index (χ3v) is 3.05.